The number of aryl methyl sites for hydroxylation is 1. The summed E-state index contributed by atoms with van der Waals surface area (Å²) >= 11 is 1.73. The SMILES string of the molecule is CCOC(=O)C(N)CCSCCOc1ccc(C)cc1. The van der Waals surface area contributed by atoms with Gasteiger partial charge in [-0.2, -0.15) is 11.8 Å². The molecule has 0 spiro atoms. The molecule has 0 aromatic heterocycles. The Balaban J connectivity index is 2.05. The second kappa shape index (κ2) is 9.66. The van der Waals surface area contributed by atoms with Gasteiger partial charge in [0.05, 0.1) is 13.2 Å². The van der Waals surface area contributed by atoms with Crippen molar-refractivity contribution in [3.8, 4) is 5.75 Å². The van der Waals surface area contributed by atoms with Crippen molar-refractivity contribution in [2.75, 3.05) is 24.7 Å². The molecule has 1 rings (SSSR count). The molecule has 4 nitrogen and oxygen atoms in total. The number of rotatable bonds is 9. The molecule has 0 bridgehead atoms. The van der Waals surface area contributed by atoms with Gasteiger partial charge in [0.15, 0.2) is 0 Å². The quantitative estimate of drug-likeness (QED) is 0.560. The zero-order chi connectivity index (χ0) is 14.8. The molecule has 5 heteroatoms. The van der Waals surface area contributed by atoms with E-state index in [-0.39, 0.29) is 5.97 Å². The van der Waals surface area contributed by atoms with Crippen LogP contribution in [0.3, 0.4) is 0 Å². The van der Waals surface area contributed by atoms with Gasteiger partial charge in [0.1, 0.15) is 11.8 Å². The van der Waals surface area contributed by atoms with E-state index < -0.39 is 6.04 Å². The molecule has 1 atom stereocenters. The summed E-state index contributed by atoms with van der Waals surface area (Å²) in [5, 5.41) is 0. The Morgan fingerprint density at radius 3 is 2.65 bits per heavy atom. The summed E-state index contributed by atoms with van der Waals surface area (Å²) in [5.74, 6) is 2.28. The number of esters is 1. The van der Waals surface area contributed by atoms with Gasteiger partial charge in [-0.3, -0.25) is 4.79 Å². The van der Waals surface area contributed by atoms with Crippen molar-refractivity contribution >= 4 is 17.7 Å². The van der Waals surface area contributed by atoms with E-state index in [1.54, 1.807) is 18.7 Å². The Morgan fingerprint density at radius 1 is 1.30 bits per heavy atom. The van der Waals surface area contributed by atoms with Gasteiger partial charge in [-0.1, -0.05) is 17.7 Å². The van der Waals surface area contributed by atoms with E-state index >= 15 is 0 Å². The maximum atomic E-state index is 11.3. The van der Waals surface area contributed by atoms with Crippen LogP contribution in [0.25, 0.3) is 0 Å². The average molecular weight is 297 g/mol. The van der Waals surface area contributed by atoms with Gasteiger partial charge < -0.3 is 15.2 Å². The first-order valence-electron chi connectivity index (χ1n) is 6.83. The van der Waals surface area contributed by atoms with Crippen molar-refractivity contribution in [2.24, 2.45) is 5.73 Å². The lowest BCUT2D eigenvalue weighted by atomic mass is 10.2. The van der Waals surface area contributed by atoms with Crippen LogP contribution in [0.4, 0.5) is 0 Å². The third kappa shape index (κ3) is 6.82. The van der Waals surface area contributed by atoms with E-state index in [1.807, 2.05) is 31.2 Å². The lowest BCUT2D eigenvalue weighted by Crippen LogP contribution is -2.32. The van der Waals surface area contributed by atoms with Crippen molar-refractivity contribution in [1.29, 1.82) is 0 Å². The number of carbonyl (C=O) groups is 1. The molecule has 20 heavy (non-hydrogen) atoms. The molecule has 0 fully saturated rings. The van der Waals surface area contributed by atoms with Crippen molar-refractivity contribution in [2.45, 2.75) is 26.3 Å². The zero-order valence-electron chi connectivity index (χ0n) is 12.1. The summed E-state index contributed by atoms with van der Waals surface area (Å²) in [7, 11) is 0. The van der Waals surface area contributed by atoms with Crippen LogP contribution in [0, 0.1) is 6.92 Å². The molecule has 0 radical (unpaired) electrons. The Kier molecular flexibility index (Phi) is 8.14. The Bertz CT molecular complexity index is 395. The third-order valence-corrected chi connectivity index (χ3v) is 3.66. The lowest BCUT2D eigenvalue weighted by molar-refractivity contribution is -0.144. The number of benzene rings is 1. The molecular weight excluding hydrogens is 274 g/mol. The van der Waals surface area contributed by atoms with E-state index in [0.717, 1.165) is 17.3 Å². The summed E-state index contributed by atoms with van der Waals surface area (Å²) in [5.41, 5.74) is 6.93. The van der Waals surface area contributed by atoms with Crippen LogP contribution in [0.5, 0.6) is 5.75 Å². The minimum absolute atomic E-state index is 0.316. The topological polar surface area (TPSA) is 61.5 Å². The highest BCUT2D eigenvalue weighted by Crippen LogP contribution is 2.12. The first kappa shape index (κ1) is 16.9. The van der Waals surface area contributed by atoms with Gasteiger partial charge in [-0.05, 0) is 38.2 Å². The Hall–Kier alpha value is -1.20. The molecule has 0 aliphatic rings. The minimum atomic E-state index is -0.513. The van der Waals surface area contributed by atoms with Crippen molar-refractivity contribution in [3.63, 3.8) is 0 Å². The van der Waals surface area contributed by atoms with E-state index in [4.69, 9.17) is 15.2 Å². The van der Waals surface area contributed by atoms with Crippen LogP contribution in [0.2, 0.25) is 0 Å². The van der Waals surface area contributed by atoms with Crippen LogP contribution >= 0.6 is 11.8 Å². The fourth-order valence-electron chi connectivity index (χ4n) is 1.53. The highest BCUT2D eigenvalue weighted by molar-refractivity contribution is 7.99. The fraction of sp³-hybridized carbons (Fsp3) is 0.533. The van der Waals surface area contributed by atoms with Crippen LogP contribution in [-0.4, -0.2) is 36.7 Å². The second-order valence-corrected chi connectivity index (χ2v) is 5.65. The van der Waals surface area contributed by atoms with E-state index in [2.05, 4.69) is 0 Å². The molecular formula is C15H23NO3S. The lowest BCUT2D eigenvalue weighted by Gasteiger charge is -2.10. The molecule has 1 aromatic rings. The van der Waals surface area contributed by atoms with Gasteiger partial charge in [0, 0.05) is 5.75 Å². The van der Waals surface area contributed by atoms with Gasteiger partial charge in [-0.15, -0.1) is 0 Å². The first-order chi connectivity index (χ1) is 9.63. The molecule has 0 aliphatic carbocycles. The van der Waals surface area contributed by atoms with Crippen molar-refractivity contribution < 1.29 is 14.3 Å². The second-order valence-electron chi connectivity index (χ2n) is 4.42. The minimum Gasteiger partial charge on any atom is -0.493 e. The molecule has 0 amide bonds. The van der Waals surface area contributed by atoms with E-state index in [0.29, 0.717) is 19.6 Å². The number of ether oxygens (including phenoxy) is 2. The number of thioether (sulfide) groups is 1. The fourth-order valence-corrected chi connectivity index (χ4v) is 2.36. The van der Waals surface area contributed by atoms with E-state index in [1.165, 1.54) is 5.56 Å². The standard InChI is InChI=1S/C15H23NO3S/c1-3-18-15(17)14(16)8-10-20-11-9-19-13-6-4-12(2)5-7-13/h4-7,14H,3,8-11,16H2,1-2H3. The number of hydrogen-bond donors (Lipinski definition) is 1. The molecule has 0 saturated carbocycles. The van der Waals surface area contributed by atoms with Gasteiger partial charge in [0.25, 0.3) is 0 Å². The summed E-state index contributed by atoms with van der Waals surface area (Å²) in [6.07, 6.45) is 0.633. The number of hydrogen-bond acceptors (Lipinski definition) is 5. The maximum absolute atomic E-state index is 11.3. The highest BCUT2D eigenvalue weighted by Gasteiger charge is 2.13. The number of nitrogens with two attached hydrogens (primary N) is 1. The monoisotopic (exact) mass is 297 g/mol. The van der Waals surface area contributed by atoms with Crippen molar-refractivity contribution in [3.05, 3.63) is 29.8 Å². The molecule has 1 aromatic carbocycles. The average Bonchev–Trinajstić information content (AvgIpc) is 2.44. The van der Waals surface area contributed by atoms with Gasteiger partial charge >= 0.3 is 5.97 Å². The van der Waals surface area contributed by atoms with Gasteiger partial charge in [0.2, 0.25) is 0 Å². The summed E-state index contributed by atoms with van der Waals surface area (Å²) in [4.78, 5) is 11.3. The van der Waals surface area contributed by atoms with Crippen molar-refractivity contribution in [1.82, 2.24) is 0 Å². The molecule has 0 heterocycles. The molecule has 0 saturated heterocycles. The Morgan fingerprint density at radius 2 is 2.00 bits per heavy atom. The number of carbonyl (C=O) groups excluding carboxylic acids is 1. The summed E-state index contributed by atoms with van der Waals surface area (Å²) in [6, 6.07) is 7.48. The predicted octanol–water partition coefficient (Wildman–Crippen LogP) is 2.39. The molecule has 1 unspecified atom stereocenters. The van der Waals surface area contributed by atoms with Gasteiger partial charge in [-0.25, -0.2) is 0 Å². The first-order valence-corrected chi connectivity index (χ1v) is 7.98. The maximum Gasteiger partial charge on any atom is 0.322 e. The predicted molar refractivity (Wildman–Crippen MR) is 83.2 cm³/mol. The van der Waals surface area contributed by atoms with Crippen LogP contribution < -0.4 is 10.5 Å². The highest BCUT2D eigenvalue weighted by atomic mass is 32.2. The van der Waals surface area contributed by atoms with Crippen LogP contribution in [0.1, 0.15) is 18.9 Å². The zero-order valence-corrected chi connectivity index (χ0v) is 12.9. The van der Waals surface area contributed by atoms with Crippen LogP contribution in [-0.2, 0) is 9.53 Å². The Labute approximate surface area is 125 Å². The molecule has 0 aliphatic heterocycles. The smallest absolute Gasteiger partial charge is 0.322 e. The molecule has 2 N–H and O–H groups in total. The summed E-state index contributed by atoms with van der Waals surface area (Å²) in [6.45, 7) is 4.86. The summed E-state index contributed by atoms with van der Waals surface area (Å²) < 4.78 is 10.5. The largest absolute Gasteiger partial charge is 0.493 e. The van der Waals surface area contributed by atoms with Crippen LogP contribution in [0.15, 0.2) is 24.3 Å². The molecule has 112 valence electrons. The normalized spacial score (nSPS) is 11.9. The van der Waals surface area contributed by atoms with E-state index in [9.17, 15) is 4.79 Å². The third-order valence-electron chi connectivity index (χ3n) is 2.68.